The molecule has 160 valence electrons. The molecule has 0 unspecified atom stereocenters. The first-order chi connectivity index (χ1) is 12.5. The summed E-state index contributed by atoms with van der Waals surface area (Å²) in [4.78, 5) is 13.5. The first kappa shape index (κ1) is 30.2. The average Bonchev–Trinajstić information content (AvgIpc) is 2.57. The van der Waals surface area contributed by atoms with Crippen LogP contribution in [0, 0.1) is 0 Å². The van der Waals surface area contributed by atoms with Crippen molar-refractivity contribution in [2.75, 3.05) is 38.6 Å². The zero-order valence-corrected chi connectivity index (χ0v) is 18.6. The number of carbonyl (C=O) groups excluding carboxylic acids is 1. The van der Waals surface area contributed by atoms with Gasteiger partial charge < -0.3 is 14.6 Å². The molecule has 0 bridgehead atoms. The number of hydrogen-bond donors (Lipinski definition) is 0. The number of alkyl halides is 3. The third-order valence-electron chi connectivity index (χ3n) is 2.76. The smallest absolute Gasteiger partial charge is 0.371 e. The Balaban J connectivity index is -0.000000541. The fraction of sp³-hybridized carbons (Fsp3) is 0.667. The molecular weight excluding hydrogens is 353 g/mol. The summed E-state index contributed by atoms with van der Waals surface area (Å²) < 4.78 is 37.3. The van der Waals surface area contributed by atoms with Gasteiger partial charge >= 0.3 is 6.18 Å². The highest BCUT2D eigenvalue weighted by Crippen LogP contribution is 2.30. The minimum Gasteiger partial charge on any atom is -0.371 e. The monoisotopic (exact) mass is 392 g/mol. The van der Waals surface area contributed by atoms with Gasteiger partial charge in [-0.05, 0) is 59.1 Å². The first-order valence-electron chi connectivity index (χ1n) is 9.53. The van der Waals surface area contributed by atoms with Crippen LogP contribution >= 0.6 is 0 Å². The molecule has 0 aliphatic carbocycles. The van der Waals surface area contributed by atoms with E-state index in [0.29, 0.717) is 0 Å². The van der Waals surface area contributed by atoms with Crippen LogP contribution in [0.25, 0.3) is 0 Å². The van der Waals surface area contributed by atoms with Crippen molar-refractivity contribution >= 4 is 11.5 Å². The van der Waals surface area contributed by atoms with Gasteiger partial charge in [0.15, 0.2) is 0 Å². The number of nitrogens with zero attached hydrogens (tertiary/aromatic N) is 2. The minimum absolute atomic E-state index is 0.167. The molecule has 0 aromatic heterocycles. The Labute approximate surface area is 164 Å². The fourth-order valence-corrected chi connectivity index (χ4v) is 1.65. The SMILES string of the molecule is CC.CC(C)=O.CCC.CCN(CCN(C)C)c1ccc(C(F)(F)F)cc1. The lowest BCUT2D eigenvalue weighted by molar-refractivity contribution is -0.137. The molecule has 0 N–H and O–H groups in total. The molecule has 0 radical (unpaired) electrons. The summed E-state index contributed by atoms with van der Waals surface area (Å²) in [5.41, 5.74) is 0.224. The maximum atomic E-state index is 12.4. The summed E-state index contributed by atoms with van der Waals surface area (Å²) in [5.74, 6) is 0.167. The summed E-state index contributed by atoms with van der Waals surface area (Å²) in [7, 11) is 3.95. The molecule has 0 amide bonds. The van der Waals surface area contributed by atoms with Crippen LogP contribution < -0.4 is 4.90 Å². The van der Waals surface area contributed by atoms with Gasteiger partial charge in [-0.1, -0.05) is 34.1 Å². The summed E-state index contributed by atoms with van der Waals surface area (Å²) in [6.45, 7) is 15.7. The topological polar surface area (TPSA) is 23.6 Å². The van der Waals surface area contributed by atoms with Crippen molar-refractivity contribution in [2.24, 2.45) is 0 Å². The van der Waals surface area contributed by atoms with Crippen LogP contribution in [0.4, 0.5) is 18.9 Å². The average molecular weight is 393 g/mol. The van der Waals surface area contributed by atoms with E-state index in [2.05, 4.69) is 18.7 Å². The minimum atomic E-state index is -4.26. The lowest BCUT2D eigenvalue weighted by Crippen LogP contribution is -2.31. The summed E-state index contributed by atoms with van der Waals surface area (Å²) in [6.07, 6.45) is -3.01. The Hall–Kier alpha value is -1.56. The molecule has 0 atom stereocenters. The van der Waals surface area contributed by atoms with Crippen LogP contribution in [-0.2, 0) is 11.0 Å². The van der Waals surface area contributed by atoms with Crippen molar-refractivity contribution in [3.63, 3.8) is 0 Å². The molecule has 1 aromatic rings. The van der Waals surface area contributed by atoms with E-state index in [4.69, 9.17) is 0 Å². The molecule has 0 saturated heterocycles. The zero-order chi connectivity index (χ0) is 22.0. The van der Waals surface area contributed by atoms with Gasteiger partial charge in [-0.25, -0.2) is 0 Å². The third kappa shape index (κ3) is 19.0. The molecule has 3 nitrogen and oxygen atoms in total. The molecular formula is C21H39F3N2O. The second kappa shape index (κ2) is 17.8. The van der Waals surface area contributed by atoms with Crippen LogP contribution in [0.2, 0.25) is 0 Å². The largest absolute Gasteiger partial charge is 0.416 e. The number of likely N-dealkylation sites (N-methyl/N-ethyl adjacent to an activating group) is 2. The molecule has 0 heterocycles. The lowest BCUT2D eigenvalue weighted by Gasteiger charge is -2.25. The van der Waals surface area contributed by atoms with E-state index in [1.54, 1.807) is 0 Å². The maximum Gasteiger partial charge on any atom is 0.416 e. The van der Waals surface area contributed by atoms with Crippen molar-refractivity contribution in [1.29, 1.82) is 0 Å². The Morgan fingerprint density at radius 3 is 1.56 bits per heavy atom. The Kier molecular flexibility index (Phi) is 19.9. The van der Waals surface area contributed by atoms with Crippen LogP contribution in [0.5, 0.6) is 0 Å². The Morgan fingerprint density at radius 1 is 0.926 bits per heavy atom. The highest BCUT2D eigenvalue weighted by atomic mass is 19.4. The molecule has 0 aliphatic rings. The van der Waals surface area contributed by atoms with Crippen LogP contribution in [-0.4, -0.2) is 44.4 Å². The Morgan fingerprint density at radius 2 is 1.30 bits per heavy atom. The predicted octanol–water partition coefficient (Wildman–Crippen LogP) is 6.13. The molecule has 0 saturated carbocycles. The van der Waals surface area contributed by atoms with Gasteiger partial charge in [0.2, 0.25) is 0 Å². The molecule has 27 heavy (non-hydrogen) atoms. The molecule has 0 spiro atoms. The van der Waals surface area contributed by atoms with Gasteiger partial charge in [0, 0.05) is 25.3 Å². The Bertz CT molecular complexity index is 453. The third-order valence-corrected chi connectivity index (χ3v) is 2.76. The molecule has 0 aliphatic heterocycles. The van der Waals surface area contributed by atoms with Gasteiger partial charge in [-0.3, -0.25) is 0 Å². The number of Topliss-reactive ketones (excluding diaryl/α,β-unsaturated/α-hetero) is 1. The summed E-state index contributed by atoms with van der Waals surface area (Å²) in [5, 5.41) is 0. The quantitative estimate of drug-likeness (QED) is 0.602. The van der Waals surface area contributed by atoms with Gasteiger partial charge in [-0.2, -0.15) is 13.2 Å². The van der Waals surface area contributed by atoms with Gasteiger partial charge in [0.05, 0.1) is 5.56 Å². The van der Waals surface area contributed by atoms with Gasteiger partial charge in [0.1, 0.15) is 5.78 Å². The number of halogens is 3. The van der Waals surface area contributed by atoms with E-state index in [-0.39, 0.29) is 5.78 Å². The van der Waals surface area contributed by atoms with E-state index < -0.39 is 11.7 Å². The van der Waals surface area contributed by atoms with Crippen molar-refractivity contribution in [2.45, 2.75) is 61.1 Å². The highest BCUT2D eigenvalue weighted by Gasteiger charge is 2.30. The maximum absolute atomic E-state index is 12.4. The molecule has 6 heteroatoms. The van der Waals surface area contributed by atoms with Crippen molar-refractivity contribution < 1.29 is 18.0 Å². The van der Waals surface area contributed by atoms with Crippen LogP contribution in [0.15, 0.2) is 24.3 Å². The van der Waals surface area contributed by atoms with E-state index in [0.717, 1.165) is 37.5 Å². The fourth-order valence-electron chi connectivity index (χ4n) is 1.65. The van der Waals surface area contributed by atoms with Crippen molar-refractivity contribution in [1.82, 2.24) is 4.90 Å². The first-order valence-corrected chi connectivity index (χ1v) is 9.53. The van der Waals surface area contributed by atoms with E-state index >= 15 is 0 Å². The lowest BCUT2D eigenvalue weighted by atomic mass is 10.2. The second-order valence-corrected chi connectivity index (χ2v) is 6.04. The molecule has 1 rings (SSSR count). The van der Waals surface area contributed by atoms with Crippen molar-refractivity contribution in [3.8, 4) is 0 Å². The van der Waals surface area contributed by atoms with Gasteiger partial charge in [-0.15, -0.1) is 0 Å². The normalized spacial score (nSPS) is 9.81. The number of benzene rings is 1. The predicted molar refractivity (Wildman–Crippen MR) is 112 cm³/mol. The number of ketones is 1. The molecule has 1 aromatic carbocycles. The van der Waals surface area contributed by atoms with Gasteiger partial charge in [0.25, 0.3) is 0 Å². The standard InChI is InChI=1S/C13H19F3N2.C3H6O.C3H8.C2H6/c1-4-18(10-9-17(2)3)12-7-5-11(6-8-12)13(14,15)16;1-3(2)4;1-3-2;1-2/h5-8H,4,9-10H2,1-3H3;1-2H3;3H2,1-2H3;1-2H3. The number of anilines is 1. The highest BCUT2D eigenvalue weighted by molar-refractivity contribution is 5.72. The summed E-state index contributed by atoms with van der Waals surface area (Å²) >= 11 is 0. The van der Waals surface area contributed by atoms with Crippen LogP contribution in [0.1, 0.15) is 60.5 Å². The molecule has 0 fully saturated rings. The zero-order valence-electron chi connectivity index (χ0n) is 18.6. The van der Waals surface area contributed by atoms with Crippen LogP contribution in [0.3, 0.4) is 0 Å². The number of hydrogen-bond acceptors (Lipinski definition) is 3. The second-order valence-electron chi connectivity index (χ2n) is 6.04. The number of carbonyl (C=O) groups is 1. The van der Waals surface area contributed by atoms with E-state index in [9.17, 15) is 18.0 Å². The van der Waals surface area contributed by atoms with E-state index in [1.165, 1.54) is 32.4 Å². The number of rotatable bonds is 5. The van der Waals surface area contributed by atoms with Crippen molar-refractivity contribution in [3.05, 3.63) is 29.8 Å². The van der Waals surface area contributed by atoms with E-state index in [1.807, 2.05) is 39.8 Å². The summed E-state index contributed by atoms with van der Waals surface area (Å²) in [6, 6.07) is 5.32.